The van der Waals surface area contributed by atoms with Crippen LogP contribution in [0.15, 0.2) is 67.3 Å². The molecule has 0 atom stereocenters. The first kappa shape index (κ1) is 27.0. The molecule has 0 aromatic heterocycles. The Kier molecular flexibility index (Phi) is 9.49. The van der Waals surface area contributed by atoms with Gasteiger partial charge in [0.1, 0.15) is 5.82 Å². The molecule has 4 heteroatoms. The minimum absolute atomic E-state index is 0.0682. The maximum absolute atomic E-state index is 15.1. The van der Waals surface area contributed by atoms with Crippen molar-refractivity contribution in [2.45, 2.75) is 70.6 Å². The third-order valence-corrected chi connectivity index (χ3v) is 7.65. The molecule has 1 aliphatic carbocycles. The molecule has 3 aromatic carbocycles. The van der Waals surface area contributed by atoms with Gasteiger partial charge in [-0.15, -0.1) is 6.58 Å². The average molecular weight is 507 g/mol. The van der Waals surface area contributed by atoms with Crippen LogP contribution < -0.4 is 4.74 Å². The molecule has 0 aliphatic heterocycles. The summed E-state index contributed by atoms with van der Waals surface area (Å²) in [6.45, 7) is 6.25. The molecular formula is C33H37F3O. The van der Waals surface area contributed by atoms with E-state index in [4.69, 9.17) is 4.74 Å². The lowest BCUT2D eigenvalue weighted by molar-refractivity contribution is 0.286. The van der Waals surface area contributed by atoms with Gasteiger partial charge in [0.2, 0.25) is 5.82 Å². The Morgan fingerprint density at radius 1 is 0.838 bits per heavy atom. The van der Waals surface area contributed by atoms with Crippen LogP contribution in [0.4, 0.5) is 13.2 Å². The van der Waals surface area contributed by atoms with Crippen molar-refractivity contribution in [2.75, 3.05) is 6.61 Å². The largest absolute Gasteiger partial charge is 0.490 e. The number of unbranched alkanes of at least 4 members (excludes halogenated alkanes) is 2. The molecule has 0 radical (unpaired) electrons. The van der Waals surface area contributed by atoms with Crippen LogP contribution in [0.25, 0.3) is 22.3 Å². The van der Waals surface area contributed by atoms with Gasteiger partial charge in [0.15, 0.2) is 11.6 Å². The molecule has 196 valence electrons. The van der Waals surface area contributed by atoms with Gasteiger partial charge in [-0.05, 0) is 91.7 Å². The van der Waals surface area contributed by atoms with Crippen molar-refractivity contribution in [3.63, 3.8) is 0 Å². The summed E-state index contributed by atoms with van der Waals surface area (Å²) in [5.41, 5.74) is 2.97. The lowest BCUT2D eigenvalue weighted by Gasteiger charge is -2.28. The fraction of sp³-hybridized carbons (Fsp3) is 0.394. The zero-order valence-electron chi connectivity index (χ0n) is 21.7. The number of halogens is 3. The second kappa shape index (κ2) is 13.0. The van der Waals surface area contributed by atoms with E-state index in [1.807, 2.05) is 18.2 Å². The summed E-state index contributed by atoms with van der Waals surface area (Å²) in [7, 11) is 0. The Morgan fingerprint density at radius 3 is 2.16 bits per heavy atom. The highest BCUT2D eigenvalue weighted by Crippen LogP contribution is 2.39. The molecule has 0 saturated heterocycles. The predicted octanol–water partition coefficient (Wildman–Crippen LogP) is 10.2. The fourth-order valence-electron chi connectivity index (χ4n) is 5.39. The SMILES string of the molecule is C=CCCC1CCC(c2ccc(-c3ccc(-c4ccc(OCCCCC)c(F)c4F)cc3)c(F)c2)CC1. The van der Waals surface area contributed by atoms with Gasteiger partial charge < -0.3 is 4.74 Å². The van der Waals surface area contributed by atoms with E-state index in [2.05, 4.69) is 13.5 Å². The van der Waals surface area contributed by atoms with Crippen LogP contribution in [0.1, 0.15) is 76.2 Å². The van der Waals surface area contributed by atoms with Gasteiger partial charge in [-0.2, -0.15) is 4.39 Å². The summed E-state index contributed by atoms with van der Waals surface area (Å²) >= 11 is 0. The Bertz CT molecular complexity index is 1180. The Labute approximate surface area is 219 Å². The van der Waals surface area contributed by atoms with Gasteiger partial charge in [0.05, 0.1) is 6.61 Å². The van der Waals surface area contributed by atoms with Crippen LogP contribution in [0.2, 0.25) is 0 Å². The van der Waals surface area contributed by atoms with Crippen LogP contribution in [0.5, 0.6) is 5.75 Å². The van der Waals surface area contributed by atoms with E-state index in [1.165, 1.54) is 31.4 Å². The molecule has 37 heavy (non-hydrogen) atoms. The average Bonchev–Trinajstić information content (AvgIpc) is 2.92. The Balaban J connectivity index is 1.44. The molecule has 0 unspecified atom stereocenters. The van der Waals surface area contributed by atoms with Crippen molar-refractivity contribution in [3.05, 3.63) is 90.3 Å². The normalized spacial score (nSPS) is 17.5. The van der Waals surface area contributed by atoms with Gasteiger partial charge in [-0.25, -0.2) is 8.78 Å². The zero-order valence-corrected chi connectivity index (χ0v) is 21.7. The fourth-order valence-corrected chi connectivity index (χ4v) is 5.39. The van der Waals surface area contributed by atoms with Gasteiger partial charge in [0, 0.05) is 11.1 Å². The standard InChI is InChI=1S/C33H37F3O/c1-3-5-7-21-37-31-20-19-29(32(35)33(31)36)26-15-13-25(14-16-26)28-18-17-27(22-30(28)34)24-11-9-23(10-12-24)8-6-4-2/h4,13-20,22-24H,2-3,5-12,21H2,1H3. The summed E-state index contributed by atoms with van der Waals surface area (Å²) in [5.74, 6) is -1.07. The van der Waals surface area contributed by atoms with Crippen molar-refractivity contribution >= 4 is 0 Å². The second-order valence-electron chi connectivity index (χ2n) is 10.2. The summed E-state index contributed by atoms with van der Waals surface area (Å²) in [4.78, 5) is 0. The molecule has 1 saturated carbocycles. The van der Waals surface area contributed by atoms with Crippen LogP contribution in [0, 0.1) is 23.4 Å². The molecule has 0 N–H and O–H groups in total. The Morgan fingerprint density at radius 2 is 1.51 bits per heavy atom. The third-order valence-electron chi connectivity index (χ3n) is 7.65. The number of rotatable bonds is 11. The van der Waals surface area contributed by atoms with E-state index in [0.717, 1.165) is 50.0 Å². The van der Waals surface area contributed by atoms with E-state index < -0.39 is 11.6 Å². The predicted molar refractivity (Wildman–Crippen MR) is 146 cm³/mol. The van der Waals surface area contributed by atoms with Crippen molar-refractivity contribution in [3.8, 4) is 28.0 Å². The van der Waals surface area contributed by atoms with E-state index in [-0.39, 0.29) is 17.1 Å². The molecule has 1 nitrogen and oxygen atoms in total. The quantitative estimate of drug-likeness (QED) is 0.186. The van der Waals surface area contributed by atoms with Gasteiger partial charge in [0.25, 0.3) is 0 Å². The highest BCUT2D eigenvalue weighted by atomic mass is 19.2. The van der Waals surface area contributed by atoms with E-state index in [1.54, 1.807) is 30.3 Å². The second-order valence-corrected chi connectivity index (χ2v) is 10.2. The molecular weight excluding hydrogens is 469 g/mol. The van der Waals surface area contributed by atoms with Gasteiger partial charge in [-0.1, -0.05) is 62.2 Å². The maximum Gasteiger partial charge on any atom is 0.201 e. The Hall–Kier alpha value is -3.01. The molecule has 1 aliphatic rings. The smallest absolute Gasteiger partial charge is 0.201 e. The van der Waals surface area contributed by atoms with Gasteiger partial charge in [-0.3, -0.25) is 0 Å². The highest BCUT2D eigenvalue weighted by molar-refractivity contribution is 5.71. The van der Waals surface area contributed by atoms with E-state index >= 15 is 4.39 Å². The molecule has 4 rings (SSSR count). The molecule has 0 spiro atoms. The lowest BCUT2D eigenvalue weighted by atomic mass is 9.77. The minimum Gasteiger partial charge on any atom is -0.490 e. The molecule has 1 fully saturated rings. The summed E-state index contributed by atoms with van der Waals surface area (Å²) in [5, 5.41) is 0. The first-order chi connectivity index (χ1) is 18.0. The number of hydrogen-bond donors (Lipinski definition) is 0. The lowest BCUT2D eigenvalue weighted by Crippen LogP contribution is -2.13. The van der Waals surface area contributed by atoms with E-state index in [0.29, 0.717) is 29.2 Å². The topological polar surface area (TPSA) is 9.23 Å². The minimum atomic E-state index is -0.977. The highest BCUT2D eigenvalue weighted by Gasteiger charge is 2.23. The summed E-state index contributed by atoms with van der Waals surface area (Å²) < 4.78 is 49.9. The number of benzene rings is 3. The molecule has 0 bridgehead atoms. The van der Waals surface area contributed by atoms with Crippen molar-refractivity contribution in [2.24, 2.45) is 5.92 Å². The monoisotopic (exact) mass is 506 g/mol. The van der Waals surface area contributed by atoms with Crippen molar-refractivity contribution < 1.29 is 17.9 Å². The zero-order chi connectivity index (χ0) is 26.2. The van der Waals surface area contributed by atoms with Crippen molar-refractivity contribution in [1.29, 1.82) is 0 Å². The van der Waals surface area contributed by atoms with Crippen molar-refractivity contribution in [1.82, 2.24) is 0 Å². The third kappa shape index (κ3) is 6.66. The number of ether oxygens (including phenoxy) is 1. The summed E-state index contributed by atoms with van der Waals surface area (Å²) in [6.07, 6.45) is 11.6. The number of hydrogen-bond acceptors (Lipinski definition) is 1. The first-order valence-electron chi connectivity index (χ1n) is 13.6. The summed E-state index contributed by atoms with van der Waals surface area (Å²) in [6, 6.07) is 15.5. The first-order valence-corrected chi connectivity index (χ1v) is 13.6. The van der Waals surface area contributed by atoms with Gasteiger partial charge >= 0.3 is 0 Å². The van der Waals surface area contributed by atoms with Crippen LogP contribution in [-0.4, -0.2) is 6.61 Å². The number of allylic oxidation sites excluding steroid dienone is 1. The van der Waals surface area contributed by atoms with E-state index in [9.17, 15) is 8.78 Å². The van der Waals surface area contributed by atoms with Crippen LogP contribution in [0.3, 0.4) is 0 Å². The molecule has 0 heterocycles. The molecule has 3 aromatic rings. The molecule has 0 amide bonds. The van der Waals surface area contributed by atoms with Crippen LogP contribution in [-0.2, 0) is 0 Å². The maximum atomic E-state index is 15.1. The van der Waals surface area contributed by atoms with Crippen LogP contribution >= 0.6 is 0 Å².